The molecule has 5 nitrogen and oxygen atoms in total. The van der Waals surface area contributed by atoms with Crippen LogP contribution >= 0.6 is 11.6 Å². The number of nitrogens with one attached hydrogen (secondary N) is 1. The molecule has 0 aliphatic rings. The zero-order chi connectivity index (χ0) is 18.3. The van der Waals surface area contributed by atoms with Crippen LogP contribution in [-0.4, -0.2) is 28.8 Å². The first kappa shape index (κ1) is 17.2. The fourth-order valence-electron chi connectivity index (χ4n) is 3.00. The number of carbonyl (C=O) groups is 2. The lowest BCUT2D eigenvalue weighted by Gasteiger charge is -2.13. The number of methoxy groups -OCH3 is 1. The summed E-state index contributed by atoms with van der Waals surface area (Å²) in [6.07, 6.45) is 0. The fraction of sp³-hybridized carbons (Fsp3) is 0.211. The maximum Gasteiger partial charge on any atom is 0.379 e. The summed E-state index contributed by atoms with van der Waals surface area (Å²) < 4.78 is 4.63. The number of benzene rings is 1. The molecule has 0 spiro atoms. The number of aryl methyl sites for hydroxylation is 3. The first-order valence-electron chi connectivity index (χ1n) is 7.73. The minimum absolute atomic E-state index is 0.253. The SMILES string of the molecule is COC(=O)C(=O)c1c(C)nc2[nH]c(C)c(C)c2c1-c1ccc(Cl)cc1. The molecule has 1 N–H and O–H groups in total. The van der Waals surface area contributed by atoms with Crippen molar-refractivity contribution in [3.05, 3.63) is 51.8 Å². The molecule has 2 heterocycles. The van der Waals surface area contributed by atoms with Crippen LogP contribution in [0.4, 0.5) is 0 Å². The summed E-state index contributed by atoms with van der Waals surface area (Å²) in [7, 11) is 1.19. The number of pyridine rings is 1. The highest BCUT2D eigenvalue weighted by Crippen LogP contribution is 2.36. The predicted molar refractivity (Wildman–Crippen MR) is 97.1 cm³/mol. The smallest absolute Gasteiger partial charge is 0.379 e. The van der Waals surface area contributed by atoms with Gasteiger partial charge in [0.15, 0.2) is 0 Å². The van der Waals surface area contributed by atoms with Crippen LogP contribution in [0.15, 0.2) is 24.3 Å². The summed E-state index contributed by atoms with van der Waals surface area (Å²) in [5.41, 5.74) is 4.79. The molecule has 6 heteroatoms. The van der Waals surface area contributed by atoms with Gasteiger partial charge in [-0.2, -0.15) is 0 Å². The zero-order valence-electron chi connectivity index (χ0n) is 14.4. The normalized spacial score (nSPS) is 10.9. The maximum atomic E-state index is 12.7. The van der Waals surface area contributed by atoms with Crippen molar-refractivity contribution in [3.63, 3.8) is 0 Å². The van der Waals surface area contributed by atoms with Crippen LogP contribution in [0.3, 0.4) is 0 Å². The molecule has 2 aromatic heterocycles. The Kier molecular flexibility index (Phi) is 4.35. The number of H-pyrrole nitrogens is 1. The van der Waals surface area contributed by atoms with Crippen LogP contribution in [0.25, 0.3) is 22.2 Å². The summed E-state index contributed by atoms with van der Waals surface area (Å²) in [4.78, 5) is 32.3. The summed E-state index contributed by atoms with van der Waals surface area (Å²) in [5.74, 6) is -1.62. The number of hydrogen-bond acceptors (Lipinski definition) is 4. The molecule has 0 radical (unpaired) electrons. The Morgan fingerprint density at radius 1 is 1.12 bits per heavy atom. The number of aromatic nitrogens is 2. The largest absolute Gasteiger partial charge is 0.463 e. The lowest BCUT2D eigenvalue weighted by Crippen LogP contribution is -2.19. The van der Waals surface area contributed by atoms with Crippen molar-refractivity contribution < 1.29 is 14.3 Å². The molecule has 0 fully saturated rings. The fourth-order valence-corrected chi connectivity index (χ4v) is 3.12. The quantitative estimate of drug-likeness (QED) is 0.434. The molecule has 0 bridgehead atoms. The molecule has 25 heavy (non-hydrogen) atoms. The Bertz CT molecular complexity index is 1000. The Balaban J connectivity index is 2.45. The van der Waals surface area contributed by atoms with E-state index in [-0.39, 0.29) is 5.56 Å². The number of Topliss-reactive ketones (excluding diaryl/α,β-unsaturated/α-hetero) is 1. The Hall–Kier alpha value is -2.66. The van der Waals surface area contributed by atoms with Crippen molar-refractivity contribution in [2.45, 2.75) is 20.8 Å². The number of carbonyl (C=O) groups excluding carboxylic acids is 2. The van der Waals surface area contributed by atoms with Crippen LogP contribution in [0.5, 0.6) is 0 Å². The lowest BCUT2D eigenvalue weighted by atomic mass is 9.92. The van der Waals surface area contributed by atoms with Gasteiger partial charge >= 0.3 is 5.97 Å². The van der Waals surface area contributed by atoms with E-state index in [0.29, 0.717) is 21.9 Å². The van der Waals surface area contributed by atoms with E-state index in [9.17, 15) is 9.59 Å². The van der Waals surface area contributed by atoms with Crippen LogP contribution in [0.2, 0.25) is 5.02 Å². The second-order valence-electron chi connectivity index (χ2n) is 5.87. The molecule has 0 aliphatic carbocycles. The van der Waals surface area contributed by atoms with E-state index in [1.807, 2.05) is 26.0 Å². The van der Waals surface area contributed by atoms with E-state index in [1.54, 1.807) is 19.1 Å². The molecule has 3 rings (SSSR count). The van der Waals surface area contributed by atoms with Crippen molar-refractivity contribution in [2.75, 3.05) is 7.11 Å². The molecule has 0 saturated carbocycles. The van der Waals surface area contributed by atoms with Crippen LogP contribution in [0, 0.1) is 20.8 Å². The molecule has 1 aromatic carbocycles. The Morgan fingerprint density at radius 3 is 2.36 bits per heavy atom. The second kappa shape index (κ2) is 6.33. The van der Waals surface area contributed by atoms with Crippen molar-refractivity contribution >= 4 is 34.4 Å². The number of esters is 1. The van der Waals surface area contributed by atoms with Crippen LogP contribution < -0.4 is 0 Å². The van der Waals surface area contributed by atoms with Gasteiger partial charge in [0.2, 0.25) is 0 Å². The molecule has 3 aromatic rings. The van der Waals surface area contributed by atoms with Gasteiger partial charge in [0.05, 0.1) is 18.4 Å². The van der Waals surface area contributed by atoms with Gasteiger partial charge in [-0.3, -0.25) is 4.79 Å². The van der Waals surface area contributed by atoms with E-state index in [0.717, 1.165) is 22.2 Å². The molecule has 128 valence electrons. The minimum Gasteiger partial charge on any atom is -0.463 e. The summed E-state index contributed by atoms with van der Waals surface area (Å²) in [6.45, 7) is 5.61. The van der Waals surface area contributed by atoms with Gasteiger partial charge in [0.25, 0.3) is 5.78 Å². The number of aromatic amines is 1. The van der Waals surface area contributed by atoms with Gasteiger partial charge < -0.3 is 9.72 Å². The van der Waals surface area contributed by atoms with Gasteiger partial charge in [0.1, 0.15) is 5.65 Å². The number of nitrogens with zero attached hydrogens (tertiary/aromatic N) is 1. The van der Waals surface area contributed by atoms with E-state index < -0.39 is 11.8 Å². The highest BCUT2D eigenvalue weighted by Gasteiger charge is 2.27. The third-order valence-electron chi connectivity index (χ3n) is 4.35. The monoisotopic (exact) mass is 356 g/mol. The number of ketones is 1. The standard InChI is InChI=1S/C19H17ClN2O3/c1-9-10(2)21-18-14(9)16(12-5-7-13(20)8-6-12)15(11(3)22-18)17(23)19(24)25-4/h5-8H,1-4H3,(H,21,22). The van der Waals surface area contributed by atoms with Crippen molar-refractivity contribution in [3.8, 4) is 11.1 Å². The first-order valence-corrected chi connectivity index (χ1v) is 8.11. The number of fused-ring (bicyclic) bond motifs is 1. The average Bonchev–Trinajstić information content (AvgIpc) is 2.87. The van der Waals surface area contributed by atoms with Crippen LogP contribution in [-0.2, 0) is 9.53 Å². The van der Waals surface area contributed by atoms with E-state index in [2.05, 4.69) is 14.7 Å². The maximum absolute atomic E-state index is 12.7. The van der Waals surface area contributed by atoms with E-state index >= 15 is 0 Å². The van der Waals surface area contributed by atoms with E-state index in [1.165, 1.54) is 7.11 Å². The highest BCUT2D eigenvalue weighted by molar-refractivity contribution is 6.43. The Morgan fingerprint density at radius 2 is 1.76 bits per heavy atom. The molecule has 0 unspecified atom stereocenters. The molecule has 0 amide bonds. The third kappa shape index (κ3) is 2.81. The lowest BCUT2D eigenvalue weighted by molar-refractivity contribution is -0.135. The third-order valence-corrected chi connectivity index (χ3v) is 4.60. The van der Waals surface area contributed by atoms with Gasteiger partial charge in [-0.1, -0.05) is 23.7 Å². The molecule has 0 saturated heterocycles. The molecular formula is C19H17ClN2O3. The number of hydrogen-bond donors (Lipinski definition) is 1. The number of rotatable bonds is 3. The van der Waals surface area contributed by atoms with E-state index in [4.69, 9.17) is 11.6 Å². The van der Waals surface area contributed by atoms with Crippen molar-refractivity contribution in [1.29, 1.82) is 0 Å². The summed E-state index contributed by atoms with van der Waals surface area (Å²) in [5, 5.41) is 1.41. The second-order valence-corrected chi connectivity index (χ2v) is 6.31. The molecular weight excluding hydrogens is 340 g/mol. The Labute approximate surface area is 150 Å². The zero-order valence-corrected chi connectivity index (χ0v) is 15.1. The summed E-state index contributed by atoms with van der Waals surface area (Å²) >= 11 is 6.00. The summed E-state index contributed by atoms with van der Waals surface area (Å²) in [6, 6.07) is 7.15. The predicted octanol–water partition coefficient (Wildman–Crippen LogP) is 4.16. The highest BCUT2D eigenvalue weighted by atomic mass is 35.5. The van der Waals surface area contributed by atoms with Crippen LogP contribution in [0.1, 0.15) is 27.3 Å². The first-order chi connectivity index (χ1) is 11.8. The van der Waals surface area contributed by atoms with Gasteiger partial charge in [0, 0.05) is 21.7 Å². The average molecular weight is 357 g/mol. The minimum atomic E-state index is -0.913. The number of halogens is 1. The molecule has 0 atom stereocenters. The topological polar surface area (TPSA) is 72.1 Å². The number of ether oxygens (including phenoxy) is 1. The van der Waals surface area contributed by atoms with Crippen molar-refractivity contribution in [1.82, 2.24) is 9.97 Å². The van der Waals surface area contributed by atoms with Gasteiger partial charge in [-0.25, -0.2) is 9.78 Å². The van der Waals surface area contributed by atoms with Gasteiger partial charge in [-0.15, -0.1) is 0 Å². The van der Waals surface area contributed by atoms with Gasteiger partial charge in [-0.05, 0) is 44.0 Å². The molecule has 0 aliphatic heterocycles. The van der Waals surface area contributed by atoms with Crippen molar-refractivity contribution in [2.24, 2.45) is 0 Å².